The Hall–Kier alpha value is -3.41. The lowest BCUT2D eigenvalue weighted by atomic mass is 10.1. The molecule has 134 valence electrons. The molecule has 0 atom stereocenters. The van der Waals surface area contributed by atoms with Crippen molar-refractivity contribution in [2.45, 2.75) is 13.8 Å². The SMILES string of the molecule is CC(=O)Nc1ccc(NC(=O)COC(=O)/C=C/c2ccccc2C)cc1. The maximum atomic E-state index is 11.8. The van der Waals surface area contributed by atoms with Gasteiger partial charge in [0.25, 0.3) is 5.91 Å². The zero-order valence-electron chi connectivity index (χ0n) is 14.6. The summed E-state index contributed by atoms with van der Waals surface area (Å²) >= 11 is 0. The van der Waals surface area contributed by atoms with Gasteiger partial charge in [0.2, 0.25) is 5.91 Å². The van der Waals surface area contributed by atoms with Crippen LogP contribution in [0.1, 0.15) is 18.1 Å². The van der Waals surface area contributed by atoms with Gasteiger partial charge in [0.05, 0.1) is 0 Å². The van der Waals surface area contributed by atoms with Crippen LogP contribution < -0.4 is 10.6 Å². The molecule has 0 aliphatic rings. The van der Waals surface area contributed by atoms with Gasteiger partial charge in [0.15, 0.2) is 6.61 Å². The van der Waals surface area contributed by atoms with Crippen molar-refractivity contribution in [1.29, 1.82) is 0 Å². The van der Waals surface area contributed by atoms with Crippen molar-refractivity contribution in [3.63, 3.8) is 0 Å². The van der Waals surface area contributed by atoms with Gasteiger partial charge in [0.1, 0.15) is 0 Å². The number of nitrogens with one attached hydrogen (secondary N) is 2. The normalized spacial score (nSPS) is 10.4. The Morgan fingerprint density at radius 2 is 1.58 bits per heavy atom. The van der Waals surface area contributed by atoms with E-state index in [1.54, 1.807) is 30.3 Å². The summed E-state index contributed by atoms with van der Waals surface area (Å²) in [5.41, 5.74) is 3.11. The van der Waals surface area contributed by atoms with E-state index in [1.165, 1.54) is 13.0 Å². The fourth-order valence-corrected chi connectivity index (χ4v) is 2.15. The van der Waals surface area contributed by atoms with Crippen LogP contribution in [0.25, 0.3) is 6.08 Å². The monoisotopic (exact) mass is 352 g/mol. The smallest absolute Gasteiger partial charge is 0.331 e. The van der Waals surface area contributed by atoms with Crippen molar-refractivity contribution >= 4 is 35.2 Å². The first-order chi connectivity index (χ1) is 12.4. The first kappa shape index (κ1) is 18.9. The molecule has 0 aromatic heterocycles. The van der Waals surface area contributed by atoms with Crippen molar-refractivity contribution in [3.8, 4) is 0 Å². The van der Waals surface area contributed by atoms with Gasteiger partial charge < -0.3 is 15.4 Å². The highest BCUT2D eigenvalue weighted by Crippen LogP contribution is 2.13. The van der Waals surface area contributed by atoms with Crippen LogP contribution in [0.15, 0.2) is 54.6 Å². The molecule has 2 rings (SSSR count). The second-order valence-electron chi connectivity index (χ2n) is 5.60. The highest BCUT2D eigenvalue weighted by atomic mass is 16.5. The first-order valence-electron chi connectivity index (χ1n) is 8.02. The average molecular weight is 352 g/mol. The van der Waals surface area contributed by atoms with Crippen molar-refractivity contribution in [2.24, 2.45) is 0 Å². The summed E-state index contributed by atoms with van der Waals surface area (Å²) in [7, 11) is 0. The van der Waals surface area contributed by atoms with E-state index in [9.17, 15) is 14.4 Å². The van der Waals surface area contributed by atoms with Gasteiger partial charge in [-0.05, 0) is 48.4 Å². The van der Waals surface area contributed by atoms with E-state index in [2.05, 4.69) is 10.6 Å². The van der Waals surface area contributed by atoms with Gasteiger partial charge >= 0.3 is 5.97 Å². The van der Waals surface area contributed by atoms with Gasteiger partial charge in [-0.25, -0.2) is 4.79 Å². The van der Waals surface area contributed by atoms with Crippen molar-refractivity contribution in [2.75, 3.05) is 17.2 Å². The Morgan fingerprint density at radius 3 is 2.19 bits per heavy atom. The first-order valence-corrected chi connectivity index (χ1v) is 8.02. The molecule has 0 unspecified atom stereocenters. The van der Waals surface area contributed by atoms with E-state index in [0.717, 1.165) is 11.1 Å². The van der Waals surface area contributed by atoms with Crippen LogP contribution in [0.2, 0.25) is 0 Å². The highest BCUT2D eigenvalue weighted by molar-refractivity contribution is 5.95. The summed E-state index contributed by atoms with van der Waals surface area (Å²) in [5.74, 6) is -1.22. The maximum absolute atomic E-state index is 11.8. The fourth-order valence-electron chi connectivity index (χ4n) is 2.15. The maximum Gasteiger partial charge on any atom is 0.331 e. The Labute approximate surface area is 151 Å². The standard InChI is InChI=1S/C20H20N2O4/c1-14-5-3-4-6-16(14)7-12-20(25)26-13-19(24)22-18-10-8-17(9-11-18)21-15(2)23/h3-12H,13H2,1-2H3,(H,21,23)(H,22,24)/b12-7+. The zero-order valence-corrected chi connectivity index (χ0v) is 14.6. The second kappa shape index (κ2) is 9.17. The molecule has 0 aliphatic carbocycles. The van der Waals surface area contributed by atoms with E-state index in [-0.39, 0.29) is 12.5 Å². The number of ether oxygens (including phenoxy) is 1. The van der Waals surface area contributed by atoms with Crippen LogP contribution in [-0.4, -0.2) is 24.4 Å². The summed E-state index contributed by atoms with van der Waals surface area (Å²) in [6.07, 6.45) is 2.94. The van der Waals surface area contributed by atoms with E-state index in [4.69, 9.17) is 4.74 Å². The molecule has 2 N–H and O–H groups in total. The number of esters is 1. The molecule has 0 radical (unpaired) electrons. The van der Waals surface area contributed by atoms with Gasteiger partial charge in [-0.15, -0.1) is 0 Å². The highest BCUT2D eigenvalue weighted by Gasteiger charge is 2.06. The molecule has 0 spiro atoms. The third kappa shape index (κ3) is 6.24. The summed E-state index contributed by atoms with van der Waals surface area (Å²) in [6.45, 7) is 2.97. The summed E-state index contributed by atoms with van der Waals surface area (Å²) in [5, 5.41) is 5.24. The van der Waals surface area contributed by atoms with Gasteiger partial charge in [-0.3, -0.25) is 9.59 Å². The molecule has 2 aromatic carbocycles. The van der Waals surface area contributed by atoms with Crippen LogP contribution >= 0.6 is 0 Å². The van der Waals surface area contributed by atoms with Crippen molar-refractivity contribution in [1.82, 2.24) is 0 Å². The number of hydrogen-bond donors (Lipinski definition) is 2. The largest absolute Gasteiger partial charge is 0.452 e. The Morgan fingerprint density at radius 1 is 0.962 bits per heavy atom. The summed E-state index contributed by atoms with van der Waals surface area (Å²) < 4.78 is 4.92. The average Bonchev–Trinajstić information content (AvgIpc) is 2.60. The molecule has 26 heavy (non-hydrogen) atoms. The molecule has 6 heteroatoms. The second-order valence-corrected chi connectivity index (χ2v) is 5.60. The zero-order chi connectivity index (χ0) is 18.9. The summed E-state index contributed by atoms with van der Waals surface area (Å²) in [6, 6.07) is 14.2. The lowest BCUT2D eigenvalue weighted by Crippen LogP contribution is -2.20. The third-order valence-electron chi connectivity index (χ3n) is 3.42. The van der Waals surface area contributed by atoms with Crippen LogP contribution in [0.3, 0.4) is 0 Å². The number of carbonyl (C=O) groups excluding carboxylic acids is 3. The third-order valence-corrected chi connectivity index (χ3v) is 3.42. The predicted octanol–water partition coefficient (Wildman–Crippen LogP) is 3.15. The van der Waals surface area contributed by atoms with Gasteiger partial charge in [-0.2, -0.15) is 0 Å². The minimum absolute atomic E-state index is 0.174. The molecule has 2 amide bonds. The van der Waals surface area contributed by atoms with E-state index >= 15 is 0 Å². The minimum Gasteiger partial charge on any atom is -0.452 e. The van der Waals surface area contributed by atoms with Crippen molar-refractivity contribution < 1.29 is 19.1 Å². The van der Waals surface area contributed by atoms with Crippen molar-refractivity contribution in [3.05, 3.63) is 65.7 Å². The lowest BCUT2D eigenvalue weighted by Gasteiger charge is -2.07. The number of carbonyl (C=O) groups is 3. The van der Waals surface area contributed by atoms with Gasteiger partial charge in [-0.1, -0.05) is 24.3 Å². The van der Waals surface area contributed by atoms with E-state index in [1.807, 2.05) is 31.2 Å². The van der Waals surface area contributed by atoms with E-state index in [0.29, 0.717) is 11.4 Å². The fraction of sp³-hybridized carbons (Fsp3) is 0.150. The molecule has 0 saturated carbocycles. The Kier molecular flexibility index (Phi) is 6.68. The molecule has 0 fully saturated rings. The number of hydrogen-bond acceptors (Lipinski definition) is 4. The molecule has 0 heterocycles. The van der Waals surface area contributed by atoms with Gasteiger partial charge in [0, 0.05) is 24.4 Å². The lowest BCUT2D eigenvalue weighted by molar-refractivity contribution is -0.142. The topological polar surface area (TPSA) is 84.5 Å². The summed E-state index contributed by atoms with van der Waals surface area (Å²) in [4.78, 5) is 34.5. The molecule has 0 bridgehead atoms. The molecule has 6 nitrogen and oxygen atoms in total. The number of amides is 2. The van der Waals surface area contributed by atoms with Crippen LogP contribution in [0.5, 0.6) is 0 Å². The van der Waals surface area contributed by atoms with E-state index < -0.39 is 11.9 Å². The predicted molar refractivity (Wildman–Crippen MR) is 101 cm³/mol. The Bertz CT molecular complexity index is 826. The van der Waals surface area contributed by atoms with Crippen LogP contribution in [0, 0.1) is 6.92 Å². The minimum atomic E-state index is -0.593. The quantitative estimate of drug-likeness (QED) is 0.618. The molecular weight excluding hydrogens is 332 g/mol. The number of aryl methyl sites for hydroxylation is 1. The number of rotatable bonds is 6. The Balaban J connectivity index is 1.80. The number of anilines is 2. The molecule has 0 aliphatic heterocycles. The van der Waals surface area contributed by atoms with Crippen LogP contribution in [0.4, 0.5) is 11.4 Å². The molecular formula is C20H20N2O4. The number of benzene rings is 2. The molecule has 0 saturated heterocycles. The van der Waals surface area contributed by atoms with Crippen LogP contribution in [-0.2, 0) is 19.1 Å². The molecule has 2 aromatic rings.